The Bertz CT molecular complexity index is 392. The first-order chi connectivity index (χ1) is 7.74. The van der Waals surface area contributed by atoms with Crippen LogP contribution in [0.3, 0.4) is 0 Å². The van der Waals surface area contributed by atoms with E-state index in [4.69, 9.17) is 4.74 Å². The Balaban J connectivity index is 2.35. The molecule has 1 amide bonds. The van der Waals surface area contributed by atoms with Crippen LogP contribution in [0.4, 0.5) is 10.5 Å². The predicted molar refractivity (Wildman–Crippen MR) is 60.7 cm³/mol. The molecule has 1 unspecified atom stereocenters. The first kappa shape index (κ1) is 11.0. The summed E-state index contributed by atoms with van der Waals surface area (Å²) in [5.74, 6) is 0. The Morgan fingerprint density at radius 1 is 1.56 bits per heavy atom. The first-order valence-electron chi connectivity index (χ1n) is 5.45. The van der Waals surface area contributed by atoms with Crippen LogP contribution in [-0.4, -0.2) is 24.0 Å². The van der Waals surface area contributed by atoms with Gasteiger partial charge in [0.25, 0.3) is 0 Å². The number of nitrogens with zero attached hydrogens (tertiary/aromatic N) is 1. The highest BCUT2D eigenvalue weighted by atomic mass is 16.5. The van der Waals surface area contributed by atoms with Crippen LogP contribution in [-0.2, 0) is 11.2 Å². The predicted octanol–water partition coefficient (Wildman–Crippen LogP) is 2.48. The van der Waals surface area contributed by atoms with Crippen molar-refractivity contribution in [2.24, 2.45) is 0 Å². The molecule has 1 N–H and O–H groups in total. The molecule has 2 rings (SSSR count). The van der Waals surface area contributed by atoms with Crippen LogP contribution < -0.4 is 4.90 Å². The lowest BCUT2D eigenvalue weighted by molar-refractivity contribution is 0.0508. The summed E-state index contributed by atoms with van der Waals surface area (Å²) in [6.07, 6.45) is 0.282. The second-order valence-electron chi connectivity index (χ2n) is 3.73. The highest BCUT2D eigenvalue weighted by molar-refractivity contribution is 5.88. The van der Waals surface area contributed by atoms with E-state index in [2.05, 4.69) is 0 Å². The maximum atomic E-state index is 11.2. The zero-order valence-corrected chi connectivity index (χ0v) is 9.22. The SMILES string of the molecule is CCOC1CCc2ccccc2N1C(=O)O. The number of amides is 1. The van der Waals surface area contributed by atoms with Crippen molar-refractivity contribution in [2.75, 3.05) is 11.5 Å². The topological polar surface area (TPSA) is 49.8 Å². The molecule has 0 aromatic heterocycles. The van der Waals surface area contributed by atoms with Crippen molar-refractivity contribution in [3.8, 4) is 0 Å². The van der Waals surface area contributed by atoms with Crippen molar-refractivity contribution in [2.45, 2.75) is 26.0 Å². The Labute approximate surface area is 94.4 Å². The van der Waals surface area contributed by atoms with Crippen molar-refractivity contribution in [1.29, 1.82) is 0 Å². The maximum absolute atomic E-state index is 11.2. The van der Waals surface area contributed by atoms with E-state index in [-0.39, 0.29) is 6.23 Å². The second-order valence-corrected chi connectivity index (χ2v) is 3.73. The summed E-state index contributed by atoms with van der Waals surface area (Å²) in [5, 5.41) is 9.23. The monoisotopic (exact) mass is 221 g/mol. The average molecular weight is 221 g/mol. The Hall–Kier alpha value is -1.55. The molecule has 0 fully saturated rings. The summed E-state index contributed by atoms with van der Waals surface area (Å²) >= 11 is 0. The molecule has 1 aliphatic rings. The number of ether oxygens (including phenoxy) is 1. The third kappa shape index (κ3) is 1.88. The lowest BCUT2D eigenvalue weighted by Gasteiger charge is -2.34. The molecule has 4 nitrogen and oxygen atoms in total. The van der Waals surface area contributed by atoms with Crippen LogP contribution in [0.1, 0.15) is 18.9 Å². The van der Waals surface area contributed by atoms with E-state index >= 15 is 0 Å². The van der Waals surface area contributed by atoms with Gasteiger partial charge >= 0.3 is 6.09 Å². The van der Waals surface area contributed by atoms with Gasteiger partial charge in [-0.1, -0.05) is 18.2 Å². The van der Waals surface area contributed by atoms with Gasteiger partial charge in [0.1, 0.15) is 6.23 Å². The Morgan fingerprint density at radius 3 is 3.00 bits per heavy atom. The average Bonchev–Trinajstić information content (AvgIpc) is 2.28. The molecule has 0 saturated carbocycles. The zero-order chi connectivity index (χ0) is 11.5. The third-order valence-electron chi connectivity index (χ3n) is 2.76. The third-order valence-corrected chi connectivity index (χ3v) is 2.76. The number of aryl methyl sites for hydroxylation is 1. The van der Waals surface area contributed by atoms with Gasteiger partial charge in [-0.15, -0.1) is 0 Å². The summed E-state index contributed by atoms with van der Waals surface area (Å²) in [4.78, 5) is 12.6. The minimum absolute atomic E-state index is 0.350. The van der Waals surface area contributed by atoms with Gasteiger partial charge < -0.3 is 9.84 Å². The van der Waals surface area contributed by atoms with E-state index in [0.29, 0.717) is 6.61 Å². The number of benzene rings is 1. The highest BCUT2D eigenvalue weighted by Crippen LogP contribution is 2.30. The number of anilines is 1. The zero-order valence-electron chi connectivity index (χ0n) is 9.22. The highest BCUT2D eigenvalue weighted by Gasteiger charge is 2.30. The quantitative estimate of drug-likeness (QED) is 0.834. The fourth-order valence-corrected chi connectivity index (χ4v) is 2.10. The van der Waals surface area contributed by atoms with Gasteiger partial charge in [-0.2, -0.15) is 0 Å². The van der Waals surface area contributed by atoms with Gasteiger partial charge in [0.2, 0.25) is 0 Å². The fourth-order valence-electron chi connectivity index (χ4n) is 2.10. The summed E-state index contributed by atoms with van der Waals surface area (Å²) in [6.45, 7) is 2.40. The summed E-state index contributed by atoms with van der Waals surface area (Å²) in [7, 11) is 0. The molecule has 0 radical (unpaired) electrons. The van der Waals surface area contributed by atoms with E-state index in [1.807, 2.05) is 31.2 Å². The molecule has 86 valence electrons. The molecule has 0 bridgehead atoms. The van der Waals surface area contributed by atoms with Crippen LogP contribution in [0.5, 0.6) is 0 Å². The molecule has 16 heavy (non-hydrogen) atoms. The van der Waals surface area contributed by atoms with Crippen molar-refractivity contribution in [3.63, 3.8) is 0 Å². The minimum Gasteiger partial charge on any atom is -0.465 e. The molecule has 0 saturated heterocycles. The van der Waals surface area contributed by atoms with Gasteiger partial charge in [-0.05, 0) is 31.4 Å². The summed E-state index contributed by atoms with van der Waals surface area (Å²) < 4.78 is 5.46. The van der Waals surface area contributed by atoms with Gasteiger partial charge in [0.15, 0.2) is 0 Å². The van der Waals surface area contributed by atoms with E-state index < -0.39 is 6.09 Å². The Morgan fingerprint density at radius 2 is 2.31 bits per heavy atom. The number of carbonyl (C=O) groups is 1. The van der Waals surface area contributed by atoms with Crippen molar-refractivity contribution >= 4 is 11.8 Å². The number of hydrogen-bond donors (Lipinski definition) is 1. The van der Waals surface area contributed by atoms with Crippen molar-refractivity contribution in [3.05, 3.63) is 29.8 Å². The summed E-state index contributed by atoms with van der Waals surface area (Å²) in [6, 6.07) is 7.57. The smallest absolute Gasteiger partial charge is 0.413 e. The van der Waals surface area contributed by atoms with Crippen LogP contribution in [0.15, 0.2) is 24.3 Å². The van der Waals surface area contributed by atoms with E-state index in [0.717, 1.165) is 24.1 Å². The molecule has 1 aromatic carbocycles. The number of carboxylic acid groups (broad SMARTS) is 1. The summed E-state index contributed by atoms with van der Waals surface area (Å²) in [5.41, 5.74) is 1.82. The number of para-hydroxylation sites is 1. The van der Waals surface area contributed by atoms with Crippen LogP contribution >= 0.6 is 0 Å². The van der Waals surface area contributed by atoms with Gasteiger partial charge in [0, 0.05) is 6.61 Å². The minimum atomic E-state index is -0.953. The molecule has 1 atom stereocenters. The normalized spacial score (nSPS) is 19.3. The molecule has 4 heteroatoms. The molecule has 1 aliphatic heterocycles. The van der Waals surface area contributed by atoms with E-state index in [1.165, 1.54) is 4.90 Å². The standard InChI is InChI=1S/C12H15NO3/c1-2-16-11-8-7-9-5-3-4-6-10(9)13(11)12(14)15/h3-6,11H,2,7-8H2,1H3,(H,14,15). The Kier molecular flexibility index (Phi) is 3.10. The second kappa shape index (κ2) is 4.53. The van der Waals surface area contributed by atoms with Crippen molar-refractivity contribution in [1.82, 2.24) is 0 Å². The van der Waals surface area contributed by atoms with E-state index in [9.17, 15) is 9.90 Å². The molecule has 1 aromatic rings. The first-order valence-corrected chi connectivity index (χ1v) is 5.45. The molecular weight excluding hydrogens is 206 g/mol. The molecule has 0 aliphatic carbocycles. The number of rotatable bonds is 2. The van der Waals surface area contributed by atoms with Crippen LogP contribution in [0, 0.1) is 0 Å². The number of hydrogen-bond acceptors (Lipinski definition) is 2. The maximum Gasteiger partial charge on any atom is 0.413 e. The lowest BCUT2D eigenvalue weighted by Crippen LogP contribution is -2.44. The van der Waals surface area contributed by atoms with Crippen LogP contribution in [0.25, 0.3) is 0 Å². The molecule has 1 heterocycles. The number of fused-ring (bicyclic) bond motifs is 1. The largest absolute Gasteiger partial charge is 0.465 e. The fraction of sp³-hybridized carbons (Fsp3) is 0.417. The lowest BCUT2D eigenvalue weighted by atomic mass is 10.0. The van der Waals surface area contributed by atoms with Crippen molar-refractivity contribution < 1.29 is 14.6 Å². The van der Waals surface area contributed by atoms with Gasteiger partial charge in [0.05, 0.1) is 5.69 Å². The molecular formula is C12H15NO3. The molecule has 0 spiro atoms. The van der Waals surface area contributed by atoms with Crippen LogP contribution in [0.2, 0.25) is 0 Å². The van der Waals surface area contributed by atoms with E-state index in [1.54, 1.807) is 0 Å². The van der Waals surface area contributed by atoms with Gasteiger partial charge in [-0.25, -0.2) is 4.79 Å². The van der Waals surface area contributed by atoms with Gasteiger partial charge in [-0.3, -0.25) is 4.90 Å².